The number of amides is 2. The Morgan fingerprint density at radius 2 is 1.84 bits per heavy atom. The van der Waals surface area contributed by atoms with E-state index in [1.54, 1.807) is 6.07 Å². The van der Waals surface area contributed by atoms with Gasteiger partial charge in [-0.05, 0) is 70.2 Å². The predicted molar refractivity (Wildman–Crippen MR) is 126 cm³/mol. The average Bonchev–Trinajstić information content (AvgIpc) is 3.12. The molecule has 0 fully saturated rings. The van der Waals surface area contributed by atoms with Crippen LogP contribution in [0.1, 0.15) is 64.1 Å². The van der Waals surface area contributed by atoms with Crippen LogP contribution in [0.3, 0.4) is 0 Å². The molecule has 0 saturated carbocycles. The molecule has 0 saturated heterocycles. The van der Waals surface area contributed by atoms with Crippen molar-refractivity contribution < 1.29 is 9.59 Å². The second-order valence-electron chi connectivity index (χ2n) is 8.36. The molecule has 0 aliphatic heterocycles. The number of fused-ring (bicyclic) bond motifs is 1. The minimum absolute atomic E-state index is 0.204. The van der Waals surface area contributed by atoms with E-state index in [1.807, 2.05) is 50.2 Å². The molecule has 2 aromatic carbocycles. The van der Waals surface area contributed by atoms with Crippen LogP contribution < -0.4 is 10.6 Å². The molecule has 31 heavy (non-hydrogen) atoms. The number of aromatic amines is 1. The normalized spacial score (nSPS) is 13.7. The largest absolute Gasteiger partial charge is 0.350 e. The fraction of sp³-hybridized carbons (Fsp3) is 0.308. The zero-order valence-corrected chi connectivity index (χ0v) is 18.2. The number of aryl methyl sites for hydroxylation is 2. The van der Waals surface area contributed by atoms with Gasteiger partial charge in [-0.1, -0.05) is 41.0 Å². The van der Waals surface area contributed by atoms with Crippen LogP contribution in [-0.2, 0) is 0 Å². The van der Waals surface area contributed by atoms with Gasteiger partial charge in [-0.3, -0.25) is 9.59 Å². The molecule has 1 aliphatic carbocycles. The SMILES string of the molecule is Cc1cccc(C(=O)Nc2c(C(=O)NCCC3=CCCCC3)[nH]c3ccc(C)cc23)c1. The number of carbonyl (C=O) groups is 2. The standard InChI is InChI=1S/C26H29N3O2/c1-17-7-6-10-20(15-17)25(30)29-23-21-16-18(2)11-12-22(21)28-24(23)26(31)27-14-13-19-8-4-3-5-9-19/h6-8,10-12,15-16,28H,3-5,9,13-14H2,1-2H3,(H,27,31)(H,29,30). The van der Waals surface area contributed by atoms with Crippen LogP contribution in [0, 0.1) is 13.8 Å². The van der Waals surface area contributed by atoms with Crippen molar-refractivity contribution in [3.8, 4) is 0 Å². The molecule has 0 radical (unpaired) electrons. The Labute approximate surface area is 182 Å². The lowest BCUT2D eigenvalue weighted by Crippen LogP contribution is -2.26. The summed E-state index contributed by atoms with van der Waals surface area (Å²) < 4.78 is 0. The van der Waals surface area contributed by atoms with E-state index >= 15 is 0 Å². The van der Waals surface area contributed by atoms with Crippen molar-refractivity contribution in [1.82, 2.24) is 10.3 Å². The molecule has 1 aliphatic rings. The number of H-pyrrole nitrogens is 1. The molecular formula is C26H29N3O2. The van der Waals surface area contributed by atoms with Crippen molar-refractivity contribution in [2.75, 3.05) is 11.9 Å². The summed E-state index contributed by atoms with van der Waals surface area (Å²) in [5.41, 5.74) is 5.81. The molecule has 1 aromatic heterocycles. The van der Waals surface area contributed by atoms with E-state index in [1.165, 1.54) is 18.4 Å². The van der Waals surface area contributed by atoms with Gasteiger partial charge >= 0.3 is 0 Å². The summed E-state index contributed by atoms with van der Waals surface area (Å²) in [6.45, 7) is 4.53. The van der Waals surface area contributed by atoms with Crippen molar-refractivity contribution in [1.29, 1.82) is 0 Å². The molecule has 3 N–H and O–H groups in total. The fourth-order valence-electron chi connectivity index (χ4n) is 4.13. The van der Waals surface area contributed by atoms with E-state index in [0.29, 0.717) is 23.5 Å². The molecule has 1 heterocycles. The van der Waals surface area contributed by atoms with Crippen LogP contribution in [0.5, 0.6) is 0 Å². The van der Waals surface area contributed by atoms with Crippen molar-refractivity contribution in [3.63, 3.8) is 0 Å². The molecule has 0 bridgehead atoms. The van der Waals surface area contributed by atoms with Gasteiger partial charge in [0.1, 0.15) is 5.69 Å². The van der Waals surface area contributed by atoms with E-state index in [9.17, 15) is 9.59 Å². The molecular weight excluding hydrogens is 386 g/mol. The van der Waals surface area contributed by atoms with E-state index in [2.05, 4.69) is 21.7 Å². The summed E-state index contributed by atoms with van der Waals surface area (Å²) in [7, 11) is 0. The Hall–Kier alpha value is -3.34. The summed E-state index contributed by atoms with van der Waals surface area (Å²) >= 11 is 0. The first kappa shape index (κ1) is 20.9. The van der Waals surface area contributed by atoms with Gasteiger partial charge in [0.05, 0.1) is 5.69 Å². The van der Waals surface area contributed by atoms with Gasteiger partial charge in [-0.25, -0.2) is 0 Å². The minimum Gasteiger partial charge on any atom is -0.350 e. The van der Waals surface area contributed by atoms with Crippen LogP contribution in [0.25, 0.3) is 10.9 Å². The van der Waals surface area contributed by atoms with E-state index < -0.39 is 0 Å². The summed E-state index contributed by atoms with van der Waals surface area (Å²) in [6, 6.07) is 13.3. The first-order valence-corrected chi connectivity index (χ1v) is 11.0. The number of hydrogen-bond acceptors (Lipinski definition) is 2. The molecule has 0 unspecified atom stereocenters. The molecule has 2 amide bonds. The number of rotatable bonds is 6. The third kappa shape index (κ3) is 4.88. The minimum atomic E-state index is -0.229. The van der Waals surface area contributed by atoms with Gasteiger partial charge in [-0.15, -0.1) is 0 Å². The summed E-state index contributed by atoms with van der Waals surface area (Å²) in [5, 5.41) is 6.84. The Balaban J connectivity index is 1.58. The third-order valence-electron chi connectivity index (χ3n) is 5.82. The topological polar surface area (TPSA) is 74.0 Å². The van der Waals surface area contributed by atoms with E-state index in [4.69, 9.17) is 0 Å². The number of carbonyl (C=O) groups excluding carboxylic acids is 2. The van der Waals surface area contributed by atoms with Gasteiger partial charge in [-0.2, -0.15) is 0 Å². The van der Waals surface area contributed by atoms with E-state index in [0.717, 1.165) is 41.3 Å². The van der Waals surface area contributed by atoms with Crippen molar-refractivity contribution >= 4 is 28.4 Å². The fourth-order valence-corrected chi connectivity index (χ4v) is 4.13. The zero-order chi connectivity index (χ0) is 21.8. The monoisotopic (exact) mass is 415 g/mol. The maximum atomic E-state index is 13.0. The lowest BCUT2D eigenvalue weighted by molar-refractivity contribution is 0.0951. The maximum Gasteiger partial charge on any atom is 0.269 e. The van der Waals surface area contributed by atoms with Crippen LogP contribution in [-0.4, -0.2) is 23.3 Å². The highest BCUT2D eigenvalue weighted by Crippen LogP contribution is 2.29. The van der Waals surface area contributed by atoms with Crippen LogP contribution in [0.4, 0.5) is 5.69 Å². The molecule has 160 valence electrons. The van der Waals surface area contributed by atoms with Crippen molar-refractivity contribution in [2.24, 2.45) is 0 Å². The van der Waals surface area contributed by atoms with Gasteiger partial charge in [0.15, 0.2) is 0 Å². The number of nitrogens with one attached hydrogen (secondary N) is 3. The molecule has 0 spiro atoms. The smallest absolute Gasteiger partial charge is 0.269 e. The summed E-state index contributed by atoms with van der Waals surface area (Å²) in [5.74, 6) is -0.433. The Bertz CT molecular complexity index is 1160. The van der Waals surface area contributed by atoms with Gasteiger partial charge in [0.25, 0.3) is 11.8 Å². The predicted octanol–water partition coefficient (Wildman–Crippen LogP) is 5.66. The summed E-state index contributed by atoms with van der Waals surface area (Å²) in [4.78, 5) is 29.2. The molecule has 5 nitrogen and oxygen atoms in total. The third-order valence-corrected chi connectivity index (χ3v) is 5.82. The lowest BCUT2D eigenvalue weighted by atomic mass is 9.97. The Kier molecular flexibility index (Phi) is 6.21. The molecule has 5 heteroatoms. The van der Waals surface area contributed by atoms with Crippen LogP contribution in [0.15, 0.2) is 54.1 Å². The Morgan fingerprint density at radius 1 is 1.00 bits per heavy atom. The highest BCUT2D eigenvalue weighted by molar-refractivity contribution is 6.15. The average molecular weight is 416 g/mol. The van der Waals surface area contributed by atoms with Gasteiger partial charge in [0, 0.05) is 23.0 Å². The number of benzene rings is 2. The Morgan fingerprint density at radius 3 is 2.61 bits per heavy atom. The first-order chi connectivity index (χ1) is 15.0. The lowest BCUT2D eigenvalue weighted by Gasteiger charge is -2.13. The highest BCUT2D eigenvalue weighted by Gasteiger charge is 2.20. The maximum absolute atomic E-state index is 13.0. The number of allylic oxidation sites excluding steroid dienone is 1. The number of anilines is 1. The second-order valence-corrected chi connectivity index (χ2v) is 8.36. The highest BCUT2D eigenvalue weighted by atomic mass is 16.2. The quantitative estimate of drug-likeness (QED) is 0.455. The van der Waals surface area contributed by atoms with E-state index in [-0.39, 0.29) is 11.8 Å². The molecule has 0 atom stereocenters. The first-order valence-electron chi connectivity index (χ1n) is 11.0. The van der Waals surface area contributed by atoms with Crippen LogP contribution >= 0.6 is 0 Å². The van der Waals surface area contributed by atoms with Gasteiger partial charge in [0.2, 0.25) is 0 Å². The van der Waals surface area contributed by atoms with Gasteiger partial charge < -0.3 is 15.6 Å². The summed E-state index contributed by atoms with van der Waals surface area (Å²) in [6.07, 6.45) is 7.93. The van der Waals surface area contributed by atoms with Crippen LogP contribution in [0.2, 0.25) is 0 Å². The molecule has 4 rings (SSSR count). The van der Waals surface area contributed by atoms with Crippen molar-refractivity contribution in [3.05, 3.63) is 76.5 Å². The molecule has 3 aromatic rings. The zero-order valence-electron chi connectivity index (χ0n) is 18.2. The van der Waals surface area contributed by atoms with Crippen molar-refractivity contribution in [2.45, 2.75) is 46.0 Å². The number of aromatic nitrogens is 1. The second kappa shape index (κ2) is 9.21. The number of hydrogen-bond donors (Lipinski definition) is 3.